The first-order valence-corrected chi connectivity index (χ1v) is 4.37. The Morgan fingerprint density at radius 2 is 2.20 bits per heavy atom. The molecule has 0 heterocycles. The Hall–Kier alpha value is -1.00. The molecule has 0 saturated heterocycles. The molecule has 0 aliphatic carbocycles. The second-order valence-corrected chi connectivity index (χ2v) is 3.01. The summed E-state index contributed by atoms with van der Waals surface area (Å²) in [4.78, 5) is 0. The van der Waals surface area contributed by atoms with Gasteiger partial charge in [0.1, 0.15) is 11.5 Å². The lowest BCUT2D eigenvalue weighted by atomic mass is 10.0. The smallest absolute Gasteiger partial charge is 0.120 e. The van der Waals surface area contributed by atoms with E-state index in [1.807, 2.05) is 0 Å². The van der Waals surface area contributed by atoms with E-state index in [1.54, 1.807) is 12.1 Å². The van der Waals surface area contributed by atoms with Gasteiger partial charge in [0, 0.05) is 11.6 Å². The Bertz CT molecular complexity index is 309. The lowest BCUT2D eigenvalue weighted by Crippen LogP contribution is -2.11. The maximum absolute atomic E-state index is 12.1. The van der Waals surface area contributed by atoms with Gasteiger partial charge in [0.15, 0.2) is 0 Å². The number of rotatable bonds is 4. The highest BCUT2D eigenvalue weighted by molar-refractivity contribution is 5.85. The van der Waals surface area contributed by atoms with E-state index in [0.717, 1.165) is 0 Å². The Kier molecular flexibility index (Phi) is 6.05. The summed E-state index contributed by atoms with van der Waals surface area (Å²) in [6, 6.07) is 4.25. The molecule has 1 atom stereocenters. The number of nitrogens with two attached hydrogens (primary N) is 1. The van der Waals surface area contributed by atoms with Crippen molar-refractivity contribution in [2.75, 3.05) is 13.8 Å². The summed E-state index contributed by atoms with van der Waals surface area (Å²) in [5, 5.41) is 9.47. The molecule has 86 valence electrons. The molecule has 3 nitrogen and oxygen atoms in total. The van der Waals surface area contributed by atoms with Crippen molar-refractivity contribution in [3.05, 3.63) is 23.8 Å². The molecular weight excluding hydrogens is 221 g/mol. The van der Waals surface area contributed by atoms with Crippen molar-refractivity contribution in [2.45, 2.75) is 12.5 Å². The van der Waals surface area contributed by atoms with Crippen molar-refractivity contribution < 1.29 is 14.2 Å². The van der Waals surface area contributed by atoms with E-state index in [9.17, 15) is 9.50 Å². The topological polar surface area (TPSA) is 55.5 Å². The van der Waals surface area contributed by atoms with E-state index >= 15 is 0 Å². The zero-order chi connectivity index (χ0) is 10.6. The van der Waals surface area contributed by atoms with Crippen LogP contribution < -0.4 is 10.5 Å². The van der Waals surface area contributed by atoms with Gasteiger partial charge in [-0.15, -0.1) is 12.4 Å². The van der Waals surface area contributed by atoms with Gasteiger partial charge < -0.3 is 15.6 Å². The molecule has 0 aromatic heterocycles. The van der Waals surface area contributed by atoms with Crippen LogP contribution in [0.3, 0.4) is 0 Å². The van der Waals surface area contributed by atoms with Crippen LogP contribution in [0.2, 0.25) is 0 Å². The van der Waals surface area contributed by atoms with E-state index in [2.05, 4.69) is 0 Å². The SMILES string of the molecule is COc1ccc(O)c([C@@H](N)CCF)c1.Cl. The third kappa shape index (κ3) is 3.57. The van der Waals surface area contributed by atoms with Crippen LogP contribution in [0.1, 0.15) is 18.0 Å². The number of phenols is 1. The average molecular weight is 236 g/mol. The maximum atomic E-state index is 12.1. The Balaban J connectivity index is 0.00000196. The van der Waals surface area contributed by atoms with Crippen LogP contribution in [0.25, 0.3) is 0 Å². The van der Waals surface area contributed by atoms with Crippen molar-refractivity contribution in [1.29, 1.82) is 0 Å². The van der Waals surface area contributed by atoms with E-state index in [4.69, 9.17) is 10.5 Å². The quantitative estimate of drug-likeness (QED) is 0.841. The molecule has 1 aromatic carbocycles. The van der Waals surface area contributed by atoms with Crippen LogP contribution in [0, 0.1) is 0 Å². The lowest BCUT2D eigenvalue weighted by Gasteiger charge is -2.12. The van der Waals surface area contributed by atoms with Gasteiger partial charge in [0.05, 0.1) is 13.8 Å². The first kappa shape index (κ1) is 14.0. The van der Waals surface area contributed by atoms with E-state index in [1.165, 1.54) is 13.2 Å². The van der Waals surface area contributed by atoms with E-state index < -0.39 is 12.7 Å². The minimum atomic E-state index is -0.502. The molecule has 1 rings (SSSR count). The summed E-state index contributed by atoms with van der Waals surface area (Å²) in [6.07, 6.45) is 0.195. The molecule has 0 amide bonds. The Morgan fingerprint density at radius 1 is 1.53 bits per heavy atom. The summed E-state index contributed by atoms with van der Waals surface area (Å²) >= 11 is 0. The van der Waals surface area contributed by atoms with Crippen molar-refractivity contribution in [3.63, 3.8) is 0 Å². The molecule has 0 fully saturated rings. The second-order valence-electron chi connectivity index (χ2n) is 3.01. The molecule has 5 heteroatoms. The fourth-order valence-electron chi connectivity index (χ4n) is 1.23. The Labute approximate surface area is 94.5 Å². The third-order valence-corrected chi connectivity index (χ3v) is 2.05. The van der Waals surface area contributed by atoms with Gasteiger partial charge in [0.2, 0.25) is 0 Å². The molecule has 0 unspecified atom stereocenters. The minimum absolute atomic E-state index is 0. The molecule has 3 N–H and O–H groups in total. The van der Waals surface area contributed by atoms with E-state index in [0.29, 0.717) is 11.3 Å². The summed E-state index contributed by atoms with van der Waals surface area (Å²) in [5.74, 6) is 0.679. The van der Waals surface area contributed by atoms with E-state index in [-0.39, 0.29) is 24.6 Å². The van der Waals surface area contributed by atoms with Crippen LogP contribution in [0.5, 0.6) is 11.5 Å². The summed E-state index contributed by atoms with van der Waals surface area (Å²) in [5.41, 5.74) is 6.19. The fraction of sp³-hybridized carbons (Fsp3) is 0.400. The van der Waals surface area contributed by atoms with Crippen molar-refractivity contribution in [3.8, 4) is 11.5 Å². The van der Waals surface area contributed by atoms with Crippen LogP contribution in [-0.4, -0.2) is 18.9 Å². The largest absolute Gasteiger partial charge is 0.508 e. The number of phenolic OH excluding ortho intramolecular Hbond substituents is 1. The van der Waals surface area contributed by atoms with Gasteiger partial charge in [0.25, 0.3) is 0 Å². The maximum Gasteiger partial charge on any atom is 0.120 e. The van der Waals surface area contributed by atoms with Gasteiger partial charge in [-0.05, 0) is 24.6 Å². The van der Waals surface area contributed by atoms with Gasteiger partial charge in [-0.1, -0.05) is 0 Å². The number of alkyl halides is 1. The van der Waals surface area contributed by atoms with Gasteiger partial charge in [-0.25, -0.2) is 0 Å². The first-order valence-electron chi connectivity index (χ1n) is 4.37. The zero-order valence-corrected chi connectivity index (χ0v) is 9.26. The number of halogens is 2. The molecule has 1 aromatic rings. The number of methoxy groups -OCH3 is 1. The van der Waals surface area contributed by atoms with Crippen LogP contribution in [-0.2, 0) is 0 Å². The normalized spacial score (nSPS) is 11.7. The second kappa shape index (κ2) is 6.48. The lowest BCUT2D eigenvalue weighted by molar-refractivity contribution is 0.403. The predicted molar refractivity (Wildman–Crippen MR) is 59.4 cm³/mol. The number of benzene rings is 1. The number of hydrogen-bond donors (Lipinski definition) is 2. The predicted octanol–water partition coefficient (Wildman–Crippen LogP) is 2.18. The molecule has 0 radical (unpaired) electrons. The molecule has 0 spiro atoms. The molecule has 0 aliphatic heterocycles. The highest BCUT2D eigenvalue weighted by Crippen LogP contribution is 2.28. The molecule has 0 aliphatic rings. The van der Waals surface area contributed by atoms with Gasteiger partial charge >= 0.3 is 0 Å². The minimum Gasteiger partial charge on any atom is -0.508 e. The van der Waals surface area contributed by atoms with Crippen molar-refractivity contribution >= 4 is 12.4 Å². The molecule has 15 heavy (non-hydrogen) atoms. The highest BCUT2D eigenvalue weighted by Gasteiger charge is 2.11. The standard InChI is InChI=1S/C10H14FNO2.ClH/c1-14-7-2-3-10(13)8(6-7)9(12)4-5-11;/h2-3,6,9,13H,4-5,12H2,1H3;1H/t9-;/m0./s1. The third-order valence-electron chi connectivity index (χ3n) is 2.05. The average Bonchev–Trinajstić information content (AvgIpc) is 2.19. The zero-order valence-electron chi connectivity index (χ0n) is 8.44. The van der Waals surface area contributed by atoms with Crippen LogP contribution >= 0.6 is 12.4 Å². The van der Waals surface area contributed by atoms with Gasteiger partial charge in [-0.2, -0.15) is 0 Å². The Morgan fingerprint density at radius 3 is 2.73 bits per heavy atom. The fourth-order valence-corrected chi connectivity index (χ4v) is 1.23. The molecular formula is C10H15ClFNO2. The highest BCUT2D eigenvalue weighted by atomic mass is 35.5. The number of hydrogen-bond acceptors (Lipinski definition) is 3. The summed E-state index contributed by atoms with van der Waals surface area (Å²) in [6.45, 7) is -0.502. The first-order chi connectivity index (χ1) is 6.69. The monoisotopic (exact) mass is 235 g/mol. The van der Waals surface area contributed by atoms with Crippen LogP contribution in [0.15, 0.2) is 18.2 Å². The summed E-state index contributed by atoms with van der Waals surface area (Å²) < 4.78 is 17.0. The molecule has 0 bridgehead atoms. The number of aromatic hydroxyl groups is 1. The summed E-state index contributed by atoms with van der Waals surface area (Å²) in [7, 11) is 1.52. The molecule has 0 saturated carbocycles. The number of ether oxygens (including phenoxy) is 1. The van der Waals surface area contributed by atoms with Crippen molar-refractivity contribution in [1.82, 2.24) is 0 Å². The van der Waals surface area contributed by atoms with Crippen LogP contribution in [0.4, 0.5) is 4.39 Å². The van der Waals surface area contributed by atoms with Crippen molar-refractivity contribution in [2.24, 2.45) is 5.73 Å². The van der Waals surface area contributed by atoms with Gasteiger partial charge in [-0.3, -0.25) is 4.39 Å².